The first-order chi connectivity index (χ1) is 8.65. The van der Waals surface area contributed by atoms with Gasteiger partial charge in [0.15, 0.2) is 5.82 Å². The summed E-state index contributed by atoms with van der Waals surface area (Å²) in [5.41, 5.74) is 0. The Kier molecular flexibility index (Phi) is 4.53. The molecule has 0 bridgehead atoms. The lowest BCUT2D eigenvalue weighted by molar-refractivity contribution is 0.226. The van der Waals surface area contributed by atoms with Gasteiger partial charge in [-0.1, -0.05) is 31.2 Å². The van der Waals surface area contributed by atoms with Crippen molar-refractivity contribution in [2.24, 2.45) is 5.92 Å². The molecule has 4 heteroatoms. The van der Waals surface area contributed by atoms with Gasteiger partial charge in [0, 0.05) is 12.5 Å². The molecule has 2 rings (SSSR count). The first kappa shape index (κ1) is 13.3. The molecule has 1 aromatic rings. The van der Waals surface area contributed by atoms with Gasteiger partial charge < -0.3 is 4.52 Å². The molecule has 0 saturated carbocycles. The molecule has 1 atom stereocenters. The van der Waals surface area contributed by atoms with Crippen LogP contribution in [0.2, 0.25) is 0 Å². The number of hydrogen-bond donors (Lipinski definition) is 0. The second-order valence-corrected chi connectivity index (χ2v) is 5.55. The monoisotopic (exact) mass is 249 g/mol. The van der Waals surface area contributed by atoms with Crippen molar-refractivity contribution >= 4 is 0 Å². The van der Waals surface area contributed by atoms with Crippen LogP contribution in [0.3, 0.4) is 0 Å². The van der Waals surface area contributed by atoms with Crippen LogP contribution in [0.15, 0.2) is 16.7 Å². The highest BCUT2D eigenvalue weighted by molar-refractivity contribution is 4.93. The molecule has 1 heterocycles. The zero-order chi connectivity index (χ0) is 13.0. The lowest BCUT2D eigenvalue weighted by Gasteiger charge is -2.23. The van der Waals surface area contributed by atoms with Gasteiger partial charge in [0.05, 0.1) is 6.54 Å². The largest absolute Gasteiger partial charge is 0.338 e. The molecule has 0 aromatic carbocycles. The lowest BCUT2D eigenvalue weighted by Crippen LogP contribution is -2.26. The second kappa shape index (κ2) is 6.14. The van der Waals surface area contributed by atoms with Gasteiger partial charge in [-0.2, -0.15) is 4.98 Å². The van der Waals surface area contributed by atoms with E-state index < -0.39 is 0 Å². The highest BCUT2D eigenvalue weighted by Crippen LogP contribution is 2.19. The third kappa shape index (κ3) is 3.67. The molecule has 0 unspecified atom stereocenters. The molecule has 4 nitrogen and oxygen atoms in total. The van der Waals surface area contributed by atoms with E-state index in [1.165, 1.54) is 19.3 Å². The Morgan fingerprint density at radius 3 is 2.89 bits per heavy atom. The van der Waals surface area contributed by atoms with Gasteiger partial charge in [0.2, 0.25) is 5.89 Å². The van der Waals surface area contributed by atoms with E-state index in [2.05, 4.69) is 48.1 Å². The molecule has 0 saturated heterocycles. The minimum absolute atomic E-state index is 0.330. The summed E-state index contributed by atoms with van der Waals surface area (Å²) in [6, 6.07) is 0. The molecule has 0 aliphatic heterocycles. The van der Waals surface area contributed by atoms with E-state index in [4.69, 9.17) is 4.52 Å². The van der Waals surface area contributed by atoms with Crippen LogP contribution in [-0.4, -0.2) is 28.6 Å². The molecule has 0 spiro atoms. The molecule has 0 amide bonds. The third-order valence-electron chi connectivity index (χ3n) is 3.35. The first-order valence-electron chi connectivity index (χ1n) is 6.81. The summed E-state index contributed by atoms with van der Waals surface area (Å²) in [6.07, 6.45) is 8.29. The molecule has 0 N–H and O–H groups in total. The van der Waals surface area contributed by atoms with Gasteiger partial charge in [0.25, 0.3) is 0 Å². The first-order valence-corrected chi connectivity index (χ1v) is 6.81. The van der Waals surface area contributed by atoms with Gasteiger partial charge in [0.1, 0.15) is 0 Å². The predicted octanol–water partition coefficient (Wildman–Crippen LogP) is 2.98. The van der Waals surface area contributed by atoms with Crippen molar-refractivity contribution in [2.45, 2.75) is 45.6 Å². The summed E-state index contributed by atoms with van der Waals surface area (Å²) in [7, 11) is 2.12. The Hall–Kier alpha value is -1.16. The molecule has 0 fully saturated rings. The van der Waals surface area contributed by atoms with Crippen LogP contribution in [-0.2, 0) is 6.54 Å². The van der Waals surface area contributed by atoms with Crippen molar-refractivity contribution < 1.29 is 4.52 Å². The summed E-state index contributed by atoms with van der Waals surface area (Å²) in [5.74, 6) is 2.63. The van der Waals surface area contributed by atoms with Crippen LogP contribution in [0.1, 0.15) is 50.7 Å². The molecular weight excluding hydrogens is 226 g/mol. The fourth-order valence-corrected chi connectivity index (χ4v) is 2.33. The number of rotatable bonds is 5. The van der Waals surface area contributed by atoms with Gasteiger partial charge in [-0.25, -0.2) is 0 Å². The predicted molar refractivity (Wildman–Crippen MR) is 71.2 cm³/mol. The van der Waals surface area contributed by atoms with Crippen molar-refractivity contribution in [3.8, 4) is 0 Å². The van der Waals surface area contributed by atoms with E-state index in [0.717, 1.165) is 30.7 Å². The molecule has 1 aliphatic rings. The zero-order valence-corrected chi connectivity index (χ0v) is 11.6. The Morgan fingerprint density at radius 2 is 2.28 bits per heavy atom. The van der Waals surface area contributed by atoms with Crippen LogP contribution in [0.5, 0.6) is 0 Å². The molecule has 1 aromatic heterocycles. The smallest absolute Gasteiger partial charge is 0.240 e. The van der Waals surface area contributed by atoms with Crippen molar-refractivity contribution in [2.75, 3.05) is 13.6 Å². The minimum atomic E-state index is 0.330. The number of allylic oxidation sites excluding steroid dienone is 2. The second-order valence-electron chi connectivity index (χ2n) is 5.55. The molecule has 0 radical (unpaired) electrons. The van der Waals surface area contributed by atoms with Crippen molar-refractivity contribution in [3.05, 3.63) is 23.9 Å². The average molecular weight is 249 g/mol. The van der Waals surface area contributed by atoms with Crippen LogP contribution in [0.25, 0.3) is 0 Å². The summed E-state index contributed by atoms with van der Waals surface area (Å²) in [5, 5.41) is 3.99. The van der Waals surface area contributed by atoms with Crippen molar-refractivity contribution in [3.63, 3.8) is 0 Å². The number of aromatic nitrogens is 2. The van der Waals surface area contributed by atoms with E-state index in [1.54, 1.807) is 0 Å². The Morgan fingerprint density at radius 1 is 1.44 bits per heavy atom. The maximum Gasteiger partial charge on any atom is 0.240 e. The standard InChI is InChI=1S/C14H23N3O/c1-11(2)14-15-13(18-16-14)10-17(3)9-12-7-5-4-6-8-12/h4-5,11-12H,6-10H2,1-3H3/t12-/m0/s1. The maximum absolute atomic E-state index is 5.27. The maximum atomic E-state index is 5.27. The summed E-state index contributed by atoms with van der Waals surface area (Å²) in [4.78, 5) is 6.69. The normalized spacial score (nSPS) is 19.9. The van der Waals surface area contributed by atoms with Gasteiger partial charge in [-0.15, -0.1) is 0 Å². The van der Waals surface area contributed by atoms with Gasteiger partial charge in [-0.05, 0) is 32.2 Å². The van der Waals surface area contributed by atoms with Gasteiger partial charge in [-0.3, -0.25) is 4.90 Å². The lowest BCUT2D eigenvalue weighted by atomic mass is 9.94. The quantitative estimate of drug-likeness (QED) is 0.752. The Balaban J connectivity index is 1.82. The topological polar surface area (TPSA) is 42.2 Å². The summed E-state index contributed by atoms with van der Waals surface area (Å²) in [6.45, 7) is 6.00. The van der Waals surface area contributed by atoms with Crippen molar-refractivity contribution in [1.29, 1.82) is 0 Å². The van der Waals surface area contributed by atoms with E-state index in [-0.39, 0.29) is 0 Å². The highest BCUT2D eigenvalue weighted by atomic mass is 16.5. The van der Waals surface area contributed by atoms with Crippen LogP contribution in [0, 0.1) is 5.92 Å². The summed E-state index contributed by atoms with van der Waals surface area (Å²) >= 11 is 0. The highest BCUT2D eigenvalue weighted by Gasteiger charge is 2.15. The molecule has 1 aliphatic carbocycles. The number of nitrogens with zero attached hydrogens (tertiary/aromatic N) is 3. The Bertz CT molecular complexity index is 397. The van der Waals surface area contributed by atoms with E-state index in [1.807, 2.05) is 0 Å². The van der Waals surface area contributed by atoms with Gasteiger partial charge >= 0.3 is 0 Å². The van der Waals surface area contributed by atoms with Crippen molar-refractivity contribution in [1.82, 2.24) is 15.0 Å². The molecule has 100 valence electrons. The number of hydrogen-bond acceptors (Lipinski definition) is 4. The van der Waals surface area contributed by atoms with E-state index in [9.17, 15) is 0 Å². The van der Waals surface area contributed by atoms with Crippen LogP contribution >= 0.6 is 0 Å². The Labute approximate surface area is 109 Å². The van der Waals surface area contributed by atoms with E-state index >= 15 is 0 Å². The van der Waals surface area contributed by atoms with E-state index in [0.29, 0.717) is 5.92 Å². The fraction of sp³-hybridized carbons (Fsp3) is 0.714. The fourth-order valence-electron chi connectivity index (χ4n) is 2.33. The zero-order valence-electron chi connectivity index (χ0n) is 11.6. The molecular formula is C14H23N3O. The minimum Gasteiger partial charge on any atom is -0.338 e. The van der Waals surface area contributed by atoms with Crippen LogP contribution in [0.4, 0.5) is 0 Å². The summed E-state index contributed by atoms with van der Waals surface area (Å²) < 4.78 is 5.27. The average Bonchev–Trinajstić information content (AvgIpc) is 2.78. The molecule has 18 heavy (non-hydrogen) atoms. The SMILES string of the molecule is CC(C)c1noc(CN(C)C[C@H]2CC=CCC2)n1. The van der Waals surface area contributed by atoms with Crippen LogP contribution < -0.4 is 0 Å². The third-order valence-corrected chi connectivity index (χ3v) is 3.35.